The van der Waals surface area contributed by atoms with Gasteiger partial charge in [0.25, 0.3) is 5.91 Å². The molecule has 0 bridgehead atoms. The summed E-state index contributed by atoms with van der Waals surface area (Å²) >= 11 is 0. The number of fused-ring (bicyclic) bond motifs is 1. The summed E-state index contributed by atoms with van der Waals surface area (Å²) in [5.74, 6) is -1.43. The Bertz CT molecular complexity index is 1430. The van der Waals surface area contributed by atoms with Gasteiger partial charge in [0, 0.05) is 30.1 Å². The maximum absolute atomic E-state index is 15.4. The number of pyridine rings is 1. The monoisotopic (exact) mass is 562 g/mol. The summed E-state index contributed by atoms with van der Waals surface area (Å²) in [6.07, 6.45) is 9.14. The maximum atomic E-state index is 15.4. The Kier molecular flexibility index (Phi) is 9.34. The molecule has 1 saturated heterocycles. The van der Waals surface area contributed by atoms with Crippen molar-refractivity contribution >= 4 is 28.5 Å². The number of carbonyl (C=O) groups is 2. The van der Waals surface area contributed by atoms with Crippen LogP contribution in [0, 0.1) is 5.82 Å². The molecule has 8 nitrogen and oxygen atoms in total. The van der Waals surface area contributed by atoms with Crippen molar-refractivity contribution in [1.82, 2.24) is 15.2 Å². The molecule has 0 unspecified atom stereocenters. The number of rotatable bonds is 9. The number of piperidine rings is 1. The summed E-state index contributed by atoms with van der Waals surface area (Å²) in [7, 11) is 1.33. The molecule has 1 amide bonds. The third kappa shape index (κ3) is 6.78. The van der Waals surface area contributed by atoms with Crippen LogP contribution >= 0.6 is 0 Å². The Morgan fingerprint density at radius 1 is 1.07 bits per heavy atom. The first kappa shape index (κ1) is 28.8. The lowest BCUT2D eigenvalue weighted by Gasteiger charge is -2.29. The van der Waals surface area contributed by atoms with E-state index in [2.05, 4.69) is 16.0 Å². The Hall–Kier alpha value is -3.72. The number of halogens is 1. The second-order valence-electron chi connectivity index (χ2n) is 11.1. The van der Waals surface area contributed by atoms with E-state index >= 15 is 4.39 Å². The lowest BCUT2D eigenvalue weighted by molar-refractivity contribution is -0.140. The van der Waals surface area contributed by atoms with E-state index in [0.29, 0.717) is 17.6 Å². The van der Waals surface area contributed by atoms with Crippen molar-refractivity contribution in [2.75, 3.05) is 25.5 Å². The quantitative estimate of drug-likeness (QED) is 0.309. The Morgan fingerprint density at radius 2 is 1.80 bits per heavy atom. The second-order valence-corrected chi connectivity index (χ2v) is 11.1. The average molecular weight is 563 g/mol. The molecule has 218 valence electrons. The van der Waals surface area contributed by atoms with Crippen LogP contribution < -0.4 is 21.4 Å². The number of esters is 1. The van der Waals surface area contributed by atoms with Crippen LogP contribution in [0.4, 0.5) is 10.1 Å². The number of amides is 1. The minimum Gasteiger partial charge on any atom is -0.469 e. The minimum absolute atomic E-state index is 0.0394. The Labute approximate surface area is 239 Å². The van der Waals surface area contributed by atoms with Crippen LogP contribution in [-0.4, -0.2) is 42.7 Å². The van der Waals surface area contributed by atoms with Gasteiger partial charge in [0.15, 0.2) is 0 Å². The minimum atomic E-state index is -0.553. The highest BCUT2D eigenvalue weighted by Gasteiger charge is 2.25. The first-order valence-corrected chi connectivity index (χ1v) is 14.7. The van der Waals surface area contributed by atoms with Crippen molar-refractivity contribution in [3.8, 4) is 0 Å². The number of carbonyl (C=O) groups excluding carboxylic acids is 2. The highest BCUT2D eigenvalue weighted by molar-refractivity contribution is 5.98. The SMILES string of the molecule is COC(=O)CC[C@H](NC(=O)c1cn(C2CCNCC2)c2cc(NC3CCCCC3)c(F)cc2c1=O)c1ccccc1. The number of ether oxygens (including phenoxy) is 1. The third-order valence-corrected chi connectivity index (χ3v) is 8.40. The fourth-order valence-corrected chi connectivity index (χ4v) is 6.10. The van der Waals surface area contributed by atoms with Crippen LogP contribution in [0.15, 0.2) is 53.5 Å². The van der Waals surface area contributed by atoms with Crippen molar-refractivity contribution in [1.29, 1.82) is 0 Å². The Morgan fingerprint density at radius 3 is 2.51 bits per heavy atom. The predicted octanol–water partition coefficient (Wildman–Crippen LogP) is 5.23. The van der Waals surface area contributed by atoms with E-state index in [1.807, 2.05) is 34.9 Å². The molecule has 2 fully saturated rings. The van der Waals surface area contributed by atoms with E-state index in [9.17, 15) is 14.4 Å². The lowest BCUT2D eigenvalue weighted by atomic mass is 9.95. The number of nitrogens with zero attached hydrogens (tertiary/aromatic N) is 1. The molecule has 0 spiro atoms. The van der Waals surface area contributed by atoms with Crippen LogP contribution in [0.3, 0.4) is 0 Å². The molecule has 1 aliphatic heterocycles. The van der Waals surface area contributed by atoms with Crippen molar-refractivity contribution < 1.29 is 18.7 Å². The van der Waals surface area contributed by atoms with Crippen LogP contribution in [0.25, 0.3) is 10.9 Å². The third-order valence-electron chi connectivity index (χ3n) is 8.40. The molecule has 0 radical (unpaired) electrons. The van der Waals surface area contributed by atoms with Crippen molar-refractivity contribution in [2.45, 2.75) is 75.9 Å². The smallest absolute Gasteiger partial charge is 0.305 e. The number of hydrogen-bond acceptors (Lipinski definition) is 6. The summed E-state index contributed by atoms with van der Waals surface area (Å²) in [5, 5.41) is 9.90. The highest BCUT2D eigenvalue weighted by Crippen LogP contribution is 2.30. The molecular formula is C32H39FN4O4. The number of nitrogens with one attached hydrogen (secondary N) is 3. The average Bonchev–Trinajstić information content (AvgIpc) is 3.01. The molecule has 1 atom stereocenters. The van der Waals surface area contributed by atoms with E-state index in [-0.39, 0.29) is 35.4 Å². The molecule has 1 aromatic heterocycles. The van der Waals surface area contributed by atoms with Crippen molar-refractivity contribution in [3.05, 3.63) is 75.8 Å². The summed E-state index contributed by atoms with van der Waals surface area (Å²) in [6.45, 7) is 1.63. The van der Waals surface area contributed by atoms with E-state index in [4.69, 9.17) is 4.74 Å². The summed E-state index contributed by atoms with van der Waals surface area (Å²) < 4.78 is 22.2. The van der Waals surface area contributed by atoms with Crippen LogP contribution in [0.5, 0.6) is 0 Å². The maximum Gasteiger partial charge on any atom is 0.305 e. The summed E-state index contributed by atoms with van der Waals surface area (Å²) in [5.41, 5.74) is 1.29. The van der Waals surface area contributed by atoms with Crippen molar-refractivity contribution in [2.24, 2.45) is 0 Å². The Balaban J connectivity index is 1.52. The number of benzene rings is 2. The normalized spacial score (nSPS) is 17.2. The van der Waals surface area contributed by atoms with Gasteiger partial charge in [0.2, 0.25) is 5.43 Å². The summed E-state index contributed by atoms with van der Waals surface area (Å²) in [6, 6.07) is 12.1. The standard InChI is InChI=1S/C32H39FN4O4/c1-41-30(38)13-12-27(21-8-4-2-5-9-21)36-32(40)25-20-37(23-14-16-34-17-15-23)29-19-28(26(33)18-24(29)31(25)39)35-22-10-6-3-7-11-22/h2,4-5,8-9,18-20,22-23,27,34-35H,3,6-7,10-17H2,1H3,(H,36,40)/t27-/m0/s1. The lowest BCUT2D eigenvalue weighted by Crippen LogP contribution is -2.35. The van der Waals surface area contributed by atoms with Crippen molar-refractivity contribution in [3.63, 3.8) is 0 Å². The summed E-state index contributed by atoms with van der Waals surface area (Å²) in [4.78, 5) is 39.3. The van der Waals surface area contributed by atoms with Gasteiger partial charge in [0.1, 0.15) is 11.4 Å². The molecular weight excluding hydrogens is 523 g/mol. The van der Waals surface area contributed by atoms with Gasteiger partial charge in [-0.15, -0.1) is 0 Å². The zero-order chi connectivity index (χ0) is 28.8. The van der Waals surface area contributed by atoms with E-state index in [1.54, 1.807) is 12.3 Å². The van der Waals surface area contributed by atoms with Crippen LogP contribution in [0.2, 0.25) is 0 Å². The first-order chi connectivity index (χ1) is 19.9. The molecule has 2 aromatic carbocycles. The molecule has 1 saturated carbocycles. The molecule has 5 rings (SSSR count). The number of anilines is 1. The van der Waals surface area contributed by atoms with E-state index in [1.165, 1.54) is 19.6 Å². The highest BCUT2D eigenvalue weighted by atomic mass is 19.1. The first-order valence-electron chi connectivity index (χ1n) is 14.7. The van der Waals surface area contributed by atoms with E-state index in [0.717, 1.165) is 57.2 Å². The molecule has 2 heterocycles. The largest absolute Gasteiger partial charge is 0.469 e. The zero-order valence-electron chi connectivity index (χ0n) is 23.6. The van der Waals surface area contributed by atoms with Gasteiger partial charge in [-0.3, -0.25) is 14.4 Å². The number of methoxy groups -OCH3 is 1. The predicted molar refractivity (Wildman–Crippen MR) is 158 cm³/mol. The van der Waals surface area contributed by atoms with Gasteiger partial charge in [-0.05, 0) is 62.9 Å². The molecule has 2 aliphatic rings. The fourth-order valence-electron chi connectivity index (χ4n) is 6.10. The number of aromatic nitrogens is 1. The van der Waals surface area contributed by atoms with Gasteiger partial charge in [-0.1, -0.05) is 49.6 Å². The second kappa shape index (κ2) is 13.3. The topological polar surface area (TPSA) is 101 Å². The molecule has 9 heteroatoms. The zero-order valence-corrected chi connectivity index (χ0v) is 23.6. The van der Waals surface area contributed by atoms with Gasteiger partial charge in [0.05, 0.1) is 24.4 Å². The van der Waals surface area contributed by atoms with Gasteiger partial charge >= 0.3 is 5.97 Å². The number of hydrogen-bond donors (Lipinski definition) is 3. The van der Waals surface area contributed by atoms with E-state index < -0.39 is 23.2 Å². The van der Waals surface area contributed by atoms with Gasteiger partial charge in [-0.2, -0.15) is 0 Å². The molecule has 41 heavy (non-hydrogen) atoms. The molecule has 3 aromatic rings. The van der Waals surface area contributed by atoms with Crippen LogP contribution in [0.1, 0.15) is 85.8 Å². The van der Waals surface area contributed by atoms with Gasteiger partial charge in [-0.25, -0.2) is 4.39 Å². The van der Waals surface area contributed by atoms with Crippen LogP contribution in [-0.2, 0) is 9.53 Å². The van der Waals surface area contributed by atoms with Gasteiger partial charge < -0.3 is 25.3 Å². The molecule has 3 N–H and O–H groups in total. The molecule has 1 aliphatic carbocycles. The fraction of sp³-hybridized carbons (Fsp3) is 0.469.